The second-order valence-corrected chi connectivity index (χ2v) is 9.90. The van der Waals surface area contributed by atoms with Crippen molar-refractivity contribution in [3.63, 3.8) is 0 Å². The van der Waals surface area contributed by atoms with Crippen LogP contribution in [0.15, 0.2) is 97.1 Å². The van der Waals surface area contributed by atoms with Crippen LogP contribution in [0.25, 0.3) is 0 Å². The van der Waals surface area contributed by atoms with Crippen molar-refractivity contribution in [2.75, 3.05) is 12.0 Å². The molecule has 2 amide bonds. The van der Waals surface area contributed by atoms with Gasteiger partial charge in [0.1, 0.15) is 11.5 Å². The van der Waals surface area contributed by atoms with Crippen LogP contribution in [0.1, 0.15) is 44.4 Å². The minimum Gasteiger partial charge on any atom is -0.497 e. The summed E-state index contributed by atoms with van der Waals surface area (Å²) in [5, 5.41) is 0. The topological polar surface area (TPSA) is 72.9 Å². The molecule has 38 heavy (non-hydrogen) atoms. The monoisotopic (exact) mass is 501 g/mol. The average molecular weight is 502 g/mol. The summed E-state index contributed by atoms with van der Waals surface area (Å²) >= 11 is 0. The summed E-state index contributed by atoms with van der Waals surface area (Å²) in [6.07, 6.45) is 0. The van der Waals surface area contributed by atoms with Crippen LogP contribution in [-0.2, 0) is 9.59 Å². The van der Waals surface area contributed by atoms with Crippen molar-refractivity contribution < 1.29 is 23.9 Å². The molecule has 1 fully saturated rings. The zero-order chi connectivity index (χ0) is 26.0. The summed E-state index contributed by atoms with van der Waals surface area (Å²) < 4.78 is 10.8. The largest absolute Gasteiger partial charge is 0.497 e. The molecule has 6 nitrogen and oxygen atoms in total. The predicted octanol–water partition coefficient (Wildman–Crippen LogP) is 5.31. The van der Waals surface area contributed by atoms with Gasteiger partial charge in [-0.15, -0.1) is 0 Å². The van der Waals surface area contributed by atoms with Gasteiger partial charge in [-0.25, -0.2) is 9.69 Å². The van der Waals surface area contributed by atoms with Crippen LogP contribution in [-0.4, -0.2) is 24.9 Å². The van der Waals surface area contributed by atoms with Crippen LogP contribution in [0.4, 0.5) is 5.69 Å². The lowest BCUT2D eigenvalue weighted by molar-refractivity contribution is -0.122. The Balaban J connectivity index is 1.24. The smallest absolute Gasteiger partial charge is 0.343 e. The van der Waals surface area contributed by atoms with Gasteiger partial charge >= 0.3 is 5.97 Å². The molecule has 1 aliphatic heterocycles. The zero-order valence-corrected chi connectivity index (χ0v) is 20.5. The van der Waals surface area contributed by atoms with Gasteiger partial charge in [-0.2, -0.15) is 0 Å². The van der Waals surface area contributed by atoms with Crippen molar-refractivity contribution in [2.24, 2.45) is 11.8 Å². The molecule has 8 rings (SSSR count). The van der Waals surface area contributed by atoms with E-state index < -0.39 is 17.8 Å². The van der Waals surface area contributed by atoms with Gasteiger partial charge in [-0.3, -0.25) is 9.59 Å². The number of hydrogen-bond acceptors (Lipinski definition) is 5. The fourth-order valence-electron chi connectivity index (χ4n) is 6.53. The lowest BCUT2D eigenvalue weighted by Crippen LogP contribution is -2.41. The molecule has 0 unspecified atom stereocenters. The number of nitrogens with zero attached hydrogens (tertiary/aromatic N) is 1. The Morgan fingerprint density at radius 2 is 1.18 bits per heavy atom. The van der Waals surface area contributed by atoms with Gasteiger partial charge < -0.3 is 9.47 Å². The van der Waals surface area contributed by atoms with E-state index in [1.807, 2.05) is 24.3 Å². The zero-order valence-electron chi connectivity index (χ0n) is 20.5. The molecule has 6 heteroatoms. The van der Waals surface area contributed by atoms with Gasteiger partial charge in [0.05, 0.1) is 30.2 Å². The predicted molar refractivity (Wildman–Crippen MR) is 140 cm³/mol. The normalized spacial score (nSPS) is 22.5. The number of ether oxygens (including phenoxy) is 2. The Hall–Kier alpha value is -4.71. The number of amides is 2. The summed E-state index contributed by atoms with van der Waals surface area (Å²) in [4.78, 5) is 42.0. The van der Waals surface area contributed by atoms with Crippen LogP contribution >= 0.6 is 0 Å². The van der Waals surface area contributed by atoms with E-state index >= 15 is 0 Å². The second-order valence-electron chi connectivity index (χ2n) is 9.90. The number of carbonyl (C=O) groups excluding carboxylic acids is 3. The van der Waals surface area contributed by atoms with Gasteiger partial charge in [0.15, 0.2) is 0 Å². The Morgan fingerprint density at radius 1 is 0.658 bits per heavy atom. The molecule has 4 aromatic carbocycles. The molecule has 1 saturated heterocycles. The molecule has 4 aromatic rings. The first-order valence-corrected chi connectivity index (χ1v) is 12.6. The van der Waals surface area contributed by atoms with Crippen molar-refractivity contribution in [3.05, 3.63) is 125 Å². The quantitative estimate of drug-likeness (QED) is 0.215. The summed E-state index contributed by atoms with van der Waals surface area (Å²) in [7, 11) is 1.53. The van der Waals surface area contributed by atoms with Gasteiger partial charge in [0.25, 0.3) is 0 Å². The number of esters is 1. The molecule has 4 aliphatic rings. The Kier molecular flexibility index (Phi) is 4.98. The number of benzene rings is 4. The lowest BCUT2D eigenvalue weighted by Gasteiger charge is -2.45. The standard InChI is InChI=1S/C32H23NO5/c1-37-20-10-6-8-18(16-20)32(36)38-21-11-7-9-19(17-21)33-30(34)28-26-22-12-2-3-13-23(22)27(29(28)31(33)35)25-15-5-4-14-24(25)26/h2-17,26-29H,1H3/t26?,27?,28-,29-/m0/s1. The summed E-state index contributed by atoms with van der Waals surface area (Å²) in [6, 6.07) is 29.6. The first-order chi connectivity index (χ1) is 18.6. The maximum absolute atomic E-state index is 14.0. The molecule has 1 heterocycles. The first-order valence-electron chi connectivity index (χ1n) is 12.6. The highest BCUT2D eigenvalue weighted by Crippen LogP contribution is 2.61. The third kappa shape index (κ3) is 3.16. The van der Waals surface area contributed by atoms with Gasteiger partial charge in [0.2, 0.25) is 11.8 Å². The van der Waals surface area contributed by atoms with E-state index in [9.17, 15) is 14.4 Å². The Bertz CT molecular complexity index is 1530. The molecular formula is C32H23NO5. The number of anilines is 1. The number of carbonyl (C=O) groups is 3. The van der Waals surface area contributed by atoms with Crippen molar-refractivity contribution >= 4 is 23.5 Å². The lowest BCUT2D eigenvalue weighted by atomic mass is 9.55. The third-order valence-corrected chi connectivity index (χ3v) is 8.04. The average Bonchev–Trinajstić information content (AvgIpc) is 3.23. The maximum atomic E-state index is 14.0. The molecule has 186 valence electrons. The summed E-state index contributed by atoms with van der Waals surface area (Å²) in [5.74, 6) is -1.48. The van der Waals surface area contributed by atoms with Gasteiger partial charge in [-0.05, 0) is 52.6 Å². The molecule has 0 spiro atoms. The minimum atomic E-state index is -0.558. The molecular weight excluding hydrogens is 478 g/mol. The summed E-state index contributed by atoms with van der Waals surface area (Å²) in [5.41, 5.74) is 5.24. The van der Waals surface area contributed by atoms with E-state index in [0.29, 0.717) is 17.0 Å². The fraction of sp³-hybridized carbons (Fsp3) is 0.156. The molecule has 0 radical (unpaired) electrons. The molecule has 0 aromatic heterocycles. The van der Waals surface area contributed by atoms with Crippen molar-refractivity contribution in [2.45, 2.75) is 11.8 Å². The Morgan fingerprint density at radius 3 is 1.74 bits per heavy atom. The van der Waals surface area contributed by atoms with E-state index in [2.05, 4.69) is 24.3 Å². The van der Waals surface area contributed by atoms with Crippen molar-refractivity contribution in [1.82, 2.24) is 0 Å². The fourth-order valence-corrected chi connectivity index (χ4v) is 6.53. The van der Waals surface area contributed by atoms with E-state index in [4.69, 9.17) is 9.47 Å². The van der Waals surface area contributed by atoms with Crippen molar-refractivity contribution in [3.8, 4) is 11.5 Å². The van der Waals surface area contributed by atoms with E-state index in [0.717, 1.165) is 22.3 Å². The number of rotatable bonds is 4. The van der Waals surface area contributed by atoms with Crippen LogP contribution in [0.2, 0.25) is 0 Å². The molecule has 2 atom stereocenters. The highest BCUT2D eigenvalue weighted by molar-refractivity contribution is 6.23. The van der Waals surface area contributed by atoms with Gasteiger partial charge in [0, 0.05) is 17.9 Å². The SMILES string of the molecule is COc1cccc(C(=O)Oc2cccc(N3C(=O)[C@H]4C5c6ccccc6C(c6ccccc65)[C@@H]4C3=O)c2)c1. The maximum Gasteiger partial charge on any atom is 0.343 e. The first kappa shape index (κ1) is 22.5. The third-order valence-electron chi connectivity index (χ3n) is 8.04. The highest BCUT2D eigenvalue weighted by atomic mass is 16.5. The van der Waals surface area contributed by atoms with Crippen LogP contribution in [0.3, 0.4) is 0 Å². The van der Waals surface area contributed by atoms with E-state index in [1.165, 1.54) is 12.0 Å². The van der Waals surface area contributed by atoms with E-state index in [-0.39, 0.29) is 29.4 Å². The van der Waals surface area contributed by atoms with E-state index in [1.54, 1.807) is 48.5 Å². The summed E-state index contributed by atoms with van der Waals surface area (Å²) in [6.45, 7) is 0. The van der Waals surface area contributed by atoms with Gasteiger partial charge in [-0.1, -0.05) is 60.7 Å². The van der Waals surface area contributed by atoms with Crippen LogP contribution < -0.4 is 14.4 Å². The van der Waals surface area contributed by atoms with Crippen LogP contribution in [0.5, 0.6) is 11.5 Å². The highest BCUT2D eigenvalue weighted by Gasteiger charge is 2.61. The second kappa shape index (κ2) is 8.42. The van der Waals surface area contributed by atoms with Crippen LogP contribution in [0, 0.1) is 11.8 Å². The van der Waals surface area contributed by atoms with Crippen molar-refractivity contribution in [1.29, 1.82) is 0 Å². The molecule has 2 bridgehead atoms. The molecule has 0 saturated carbocycles. The number of methoxy groups -OCH3 is 1. The minimum absolute atomic E-state index is 0.173. The molecule has 0 N–H and O–H groups in total. The molecule has 3 aliphatic carbocycles. The number of imide groups is 1. The number of hydrogen-bond donors (Lipinski definition) is 0. The Labute approximate surface area is 219 Å².